The predicted molar refractivity (Wildman–Crippen MR) is 115 cm³/mol. The number of carbonyl (C=O) groups excluding carboxylic acids is 2. The molecule has 0 heterocycles. The summed E-state index contributed by atoms with van der Waals surface area (Å²) in [6, 6.07) is 12.4. The van der Waals surface area contributed by atoms with Gasteiger partial charge in [0.2, 0.25) is 11.8 Å². The van der Waals surface area contributed by atoms with Gasteiger partial charge < -0.3 is 10.2 Å². The molecule has 2 aromatic carbocycles. The first-order chi connectivity index (χ1) is 13.3. The van der Waals surface area contributed by atoms with Crippen molar-refractivity contribution < 1.29 is 9.59 Å². The number of nitrogens with one attached hydrogen (secondary N) is 1. The third kappa shape index (κ3) is 6.25. The number of carbonyl (C=O) groups is 2. The van der Waals surface area contributed by atoms with Gasteiger partial charge in [-0.3, -0.25) is 9.59 Å². The van der Waals surface area contributed by atoms with Gasteiger partial charge in [0.15, 0.2) is 0 Å². The third-order valence-electron chi connectivity index (χ3n) is 4.55. The molecule has 0 aromatic heterocycles. The van der Waals surface area contributed by atoms with Crippen molar-refractivity contribution in [2.45, 2.75) is 46.2 Å². The predicted octanol–water partition coefficient (Wildman–Crippen LogP) is 4.79. The summed E-state index contributed by atoms with van der Waals surface area (Å²) in [6.07, 6.45) is 1.05. The van der Waals surface area contributed by atoms with Gasteiger partial charge in [0.25, 0.3) is 0 Å². The minimum Gasteiger partial charge on any atom is -0.354 e. The quantitative estimate of drug-likeness (QED) is 0.667. The van der Waals surface area contributed by atoms with E-state index in [1.165, 1.54) is 0 Å². The molecule has 0 radical (unpaired) electrons. The van der Waals surface area contributed by atoms with Crippen molar-refractivity contribution in [2.75, 3.05) is 6.54 Å². The zero-order valence-corrected chi connectivity index (χ0v) is 18.0. The Morgan fingerprint density at radius 2 is 1.79 bits per heavy atom. The van der Waals surface area contributed by atoms with Crippen LogP contribution in [0.25, 0.3) is 0 Å². The van der Waals surface area contributed by atoms with Gasteiger partial charge in [-0.15, -0.1) is 0 Å². The molecule has 0 fully saturated rings. The Bertz CT molecular complexity index is 822. The van der Waals surface area contributed by atoms with Gasteiger partial charge in [-0.25, -0.2) is 0 Å². The molecule has 6 heteroatoms. The van der Waals surface area contributed by atoms with Gasteiger partial charge in [-0.05, 0) is 43.5 Å². The lowest BCUT2D eigenvalue weighted by atomic mass is 10.1. The molecule has 0 spiro atoms. The summed E-state index contributed by atoms with van der Waals surface area (Å²) in [5.74, 6) is -0.307. The van der Waals surface area contributed by atoms with Gasteiger partial charge in [0.1, 0.15) is 6.04 Å². The first kappa shape index (κ1) is 22.3. The van der Waals surface area contributed by atoms with Crippen LogP contribution in [0.1, 0.15) is 37.0 Å². The molecule has 0 unspecified atom stereocenters. The van der Waals surface area contributed by atoms with Gasteiger partial charge in [-0.2, -0.15) is 0 Å². The highest BCUT2D eigenvalue weighted by atomic mass is 35.5. The van der Waals surface area contributed by atoms with Crippen molar-refractivity contribution in [2.24, 2.45) is 0 Å². The lowest BCUT2D eigenvalue weighted by Gasteiger charge is -2.29. The summed E-state index contributed by atoms with van der Waals surface area (Å²) in [6.45, 7) is 6.54. The Morgan fingerprint density at radius 1 is 1.11 bits per heavy atom. The van der Waals surface area contributed by atoms with Gasteiger partial charge >= 0.3 is 0 Å². The summed E-state index contributed by atoms with van der Waals surface area (Å²) >= 11 is 12.3. The summed E-state index contributed by atoms with van der Waals surface area (Å²) in [7, 11) is 0. The van der Waals surface area contributed by atoms with Crippen LogP contribution in [0.4, 0.5) is 0 Å². The van der Waals surface area contributed by atoms with Gasteiger partial charge in [0, 0.05) is 23.1 Å². The molecule has 28 heavy (non-hydrogen) atoms. The molecule has 2 aromatic rings. The summed E-state index contributed by atoms with van der Waals surface area (Å²) < 4.78 is 0. The number of hydrogen-bond acceptors (Lipinski definition) is 2. The van der Waals surface area contributed by atoms with Crippen molar-refractivity contribution in [3.05, 3.63) is 69.2 Å². The molecule has 1 N–H and O–H groups in total. The first-order valence-corrected chi connectivity index (χ1v) is 10.1. The number of nitrogens with zero attached hydrogens (tertiary/aromatic N) is 1. The average Bonchev–Trinajstić information content (AvgIpc) is 2.66. The molecule has 0 saturated carbocycles. The highest BCUT2D eigenvalue weighted by Gasteiger charge is 2.26. The zero-order valence-electron chi connectivity index (χ0n) is 16.5. The Labute approximate surface area is 176 Å². The summed E-state index contributed by atoms with van der Waals surface area (Å²) in [4.78, 5) is 27.2. The van der Waals surface area contributed by atoms with Crippen LogP contribution < -0.4 is 5.32 Å². The molecular weight excluding hydrogens is 395 g/mol. The fraction of sp³-hybridized carbons (Fsp3) is 0.364. The van der Waals surface area contributed by atoms with E-state index in [2.05, 4.69) is 5.32 Å². The van der Waals surface area contributed by atoms with Crippen molar-refractivity contribution in [3.63, 3.8) is 0 Å². The number of hydrogen-bond donors (Lipinski definition) is 1. The minimum atomic E-state index is -0.615. The van der Waals surface area contributed by atoms with E-state index in [1.807, 2.05) is 38.1 Å². The van der Waals surface area contributed by atoms with Crippen LogP contribution in [-0.4, -0.2) is 29.3 Å². The number of benzene rings is 2. The second kappa shape index (κ2) is 10.5. The Hall–Kier alpha value is -2.04. The topological polar surface area (TPSA) is 49.4 Å². The SMILES string of the molecule is CCCNC(=O)[C@@H](C)N(Cc1ccc(Cl)cc1Cl)C(=O)Cc1ccc(C)cc1. The van der Waals surface area contributed by atoms with Gasteiger partial charge in [-0.1, -0.05) is 66.0 Å². The summed E-state index contributed by atoms with van der Waals surface area (Å²) in [5, 5.41) is 3.86. The van der Waals surface area contributed by atoms with Crippen molar-refractivity contribution in [1.29, 1.82) is 0 Å². The third-order valence-corrected chi connectivity index (χ3v) is 5.14. The first-order valence-electron chi connectivity index (χ1n) is 9.38. The monoisotopic (exact) mass is 420 g/mol. The normalized spacial score (nSPS) is 11.8. The van der Waals surface area contributed by atoms with E-state index in [4.69, 9.17) is 23.2 Å². The Morgan fingerprint density at radius 3 is 2.39 bits per heavy atom. The number of aryl methyl sites for hydroxylation is 1. The van der Waals surface area contributed by atoms with E-state index >= 15 is 0 Å². The fourth-order valence-electron chi connectivity index (χ4n) is 2.79. The van der Waals surface area contributed by atoms with Crippen LogP contribution in [0.5, 0.6) is 0 Å². The van der Waals surface area contributed by atoms with E-state index in [0.717, 1.165) is 23.1 Å². The van der Waals surface area contributed by atoms with E-state index < -0.39 is 6.04 Å². The minimum absolute atomic E-state index is 0.131. The van der Waals surface area contributed by atoms with Crippen LogP contribution in [0.2, 0.25) is 10.0 Å². The highest BCUT2D eigenvalue weighted by Crippen LogP contribution is 2.23. The molecule has 0 aliphatic heterocycles. The van der Waals surface area contributed by atoms with Crippen molar-refractivity contribution in [1.82, 2.24) is 10.2 Å². The second-order valence-corrected chi connectivity index (χ2v) is 7.73. The number of rotatable bonds is 8. The maximum Gasteiger partial charge on any atom is 0.242 e. The maximum atomic E-state index is 13.1. The van der Waals surface area contributed by atoms with E-state index in [0.29, 0.717) is 16.6 Å². The standard InChI is InChI=1S/C22H26Cl2N2O2/c1-4-11-25-22(28)16(3)26(14-18-9-10-19(23)13-20(18)24)21(27)12-17-7-5-15(2)6-8-17/h5-10,13,16H,4,11-12,14H2,1-3H3,(H,25,28)/t16-/m1/s1. The zero-order chi connectivity index (χ0) is 20.7. The maximum absolute atomic E-state index is 13.1. The van der Waals surface area contributed by atoms with Crippen LogP contribution in [0.3, 0.4) is 0 Å². The lowest BCUT2D eigenvalue weighted by Crippen LogP contribution is -2.48. The molecule has 0 bridgehead atoms. The average molecular weight is 421 g/mol. The molecule has 2 amide bonds. The Kier molecular flexibility index (Phi) is 8.34. The molecule has 4 nitrogen and oxygen atoms in total. The molecule has 2 rings (SSSR count). The van der Waals surface area contributed by atoms with Crippen LogP contribution in [-0.2, 0) is 22.6 Å². The second-order valence-electron chi connectivity index (χ2n) is 6.89. The van der Waals surface area contributed by atoms with Crippen molar-refractivity contribution in [3.8, 4) is 0 Å². The molecule has 0 aliphatic carbocycles. The fourth-order valence-corrected chi connectivity index (χ4v) is 3.26. The highest BCUT2D eigenvalue weighted by molar-refractivity contribution is 6.35. The number of halogens is 2. The summed E-state index contributed by atoms with van der Waals surface area (Å²) in [5.41, 5.74) is 2.79. The van der Waals surface area contributed by atoms with Gasteiger partial charge in [0.05, 0.1) is 6.42 Å². The van der Waals surface area contributed by atoms with Crippen molar-refractivity contribution >= 4 is 35.0 Å². The molecule has 1 atom stereocenters. The molecular formula is C22H26Cl2N2O2. The van der Waals surface area contributed by atoms with E-state index in [1.54, 1.807) is 30.0 Å². The molecule has 0 aliphatic rings. The molecule has 150 valence electrons. The smallest absolute Gasteiger partial charge is 0.242 e. The van der Waals surface area contributed by atoms with E-state index in [-0.39, 0.29) is 24.8 Å². The van der Waals surface area contributed by atoms with Crippen LogP contribution in [0, 0.1) is 6.92 Å². The lowest BCUT2D eigenvalue weighted by molar-refractivity contribution is -0.140. The van der Waals surface area contributed by atoms with Crippen LogP contribution >= 0.6 is 23.2 Å². The van der Waals surface area contributed by atoms with E-state index in [9.17, 15) is 9.59 Å². The molecule has 0 saturated heterocycles. The largest absolute Gasteiger partial charge is 0.354 e. The van der Waals surface area contributed by atoms with Crippen LogP contribution in [0.15, 0.2) is 42.5 Å². The number of amides is 2. The Balaban J connectivity index is 2.24.